The molecule has 2 atom stereocenters. The van der Waals surface area contributed by atoms with E-state index >= 15 is 0 Å². The average molecular weight is 621 g/mol. The SMILES string of the molecule is Cc1ccc(S(=O)(=O)N[C@H](c2ccccc2)[C@H](NCCCc2ccccc2)c2ccccc2)cc1.[Cl-].[Ru+]. The van der Waals surface area contributed by atoms with Gasteiger partial charge in [-0.15, -0.1) is 0 Å². The Kier molecular flexibility index (Phi) is 12.7. The van der Waals surface area contributed by atoms with Crippen LogP contribution in [0.5, 0.6) is 0 Å². The molecule has 2 N–H and O–H groups in total. The minimum Gasteiger partial charge on any atom is -1.00 e. The van der Waals surface area contributed by atoms with Crippen LogP contribution in [0.3, 0.4) is 0 Å². The first-order valence-electron chi connectivity index (χ1n) is 12.0. The van der Waals surface area contributed by atoms with Gasteiger partial charge in [0.2, 0.25) is 10.0 Å². The predicted octanol–water partition coefficient (Wildman–Crippen LogP) is 2.98. The van der Waals surface area contributed by atoms with E-state index in [0.717, 1.165) is 36.1 Å². The Bertz CT molecular complexity index is 1290. The molecule has 1 radical (unpaired) electrons. The van der Waals surface area contributed by atoms with E-state index in [0.29, 0.717) is 0 Å². The number of nitrogens with one attached hydrogen (secondary N) is 2. The van der Waals surface area contributed by atoms with Gasteiger partial charge in [-0.25, -0.2) is 13.1 Å². The van der Waals surface area contributed by atoms with Crippen molar-refractivity contribution in [3.05, 3.63) is 138 Å². The minimum absolute atomic E-state index is 0. The number of halogens is 1. The summed E-state index contributed by atoms with van der Waals surface area (Å²) in [5.41, 5.74) is 4.26. The molecule has 0 saturated carbocycles. The predicted molar refractivity (Wildman–Crippen MR) is 143 cm³/mol. The van der Waals surface area contributed by atoms with Crippen LogP contribution >= 0.6 is 0 Å². The Balaban J connectivity index is 0.00000241. The first-order valence-corrected chi connectivity index (χ1v) is 13.5. The van der Waals surface area contributed by atoms with Crippen LogP contribution in [0.4, 0.5) is 0 Å². The Labute approximate surface area is 240 Å². The van der Waals surface area contributed by atoms with Crippen LogP contribution in [0.25, 0.3) is 0 Å². The summed E-state index contributed by atoms with van der Waals surface area (Å²) in [6.07, 6.45) is 1.90. The van der Waals surface area contributed by atoms with E-state index in [-0.39, 0.29) is 42.8 Å². The molecular formula is C30H32ClN2O2RuS. The average Bonchev–Trinajstić information content (AvgIpc) is 2.89. The standard InChI is InChI=1S/C30H32N2O2S.ClH.Ru/c1-24-19-21-28(22-20-24)35(33,34)32-30(27-17-9-4-10-18-27)29(26-15-7-3-8-16-26)31-23-11-14-25-12-5-2-6-13-25;;/h2-10,12-13,15-22,29-32H,11,14,23H2,1H3;1H;/q;;+1/p-1/t29-,30-;;/m1../s1. The third-order valence-electron chi connectivity index (χ3n) is 6.11. The first-order chi connectivity index (χ1) is 17.0. The summed E-state index contributed by atoms with van der Waals surface area (Å²) in [5, 5.41) is 3.66. The quantitative estimate of drug-likeness (QED) is 0.200. The summed E-state index contributed by atoms with van der Waals surface area (Å²) in [4.78, 5) is 0.264. The molecule has 37 heavy (non-hydrogen) atoms. The van der Waals surface area contributed by atoms with Gasteiger partial charge in [-0.3, -0.25) is 0 Å². The van der Waals surface area contributed by atoms with Gasteiger partial charge in [-0.1, -0.05) is 109 Å². The monoisotopic (exact) mass is 621 g/mol. The molecule has 4 nitrogen and oxygen atoms in total. The molecule has 0 fully saturated rings. The summed E-state index contributed by atoms with van der Waals surface area (Å²) in [7, 11) is -3.74. The van der Waals surface area contributed by atoms with Crippen molar-refractivity contribution in [1.29, 1.82) is 0 Å². The van der Waals surface area contributed by atoms with Crippen molar-refractivity contribution in [3.63, 3.8) is 0 Å². The molecule has 7 heteroatoms. The number of hydrogen-bond donors (Lipinski definition) is 2. The fourth-order valence-corrected chi connectivity index (χ4v) is 5.46. The Morgan fingerprint density at radius 3 is 1.70 bits per heavy atom. The normalized spacial score (nSPS) is 12.6. The molecule has 0 aliphatic carbocycles. The van der Waals surface area contributed by atoms with Crippen LogP contribution < -0.4 is 22.4 Å². The Morgan fingerprint density at radius 1 is 0.676 bits per heavy atom. The molecule has 0 saturated heterocycles. The zero-order valence-corrected chi connectivity index (χ0v) is 24.0. The maximum absolute atomic E-state index is 13.4. The molecule has 0 bridgehead atoms. The van der Waals surface area contributed by atoms with Gasteiger partial charge in [-0.05, 0) is 55.1 Å². The molecule has 195 valence electrons. The molecule has 4 aromatic rings. The summed E-state index contributed by atoms with van der Waals surface area (Å²) >= 11 is 0. The topological polar surface area (TPSA) is 58.2 Å². The minimum atomic E-state index is -3.74. The van der Waals surface area contributed by atoms with Gasteiger partial charge in [0.05, 0.1) is 17.0 Å². The van der Waals surface area contributed by atoms with Crippen molar-refractivity contribution < 1.29 is 40.3 Å². The van der Waals surface area contributed by atoms with Gasteiger partial charge in [0, 0.05) is 0 Å². The molecule has 0 amide bonds. The zero-order valence-electron chi connectivity index (χ0n) is 20.7. The Hall–Kier alpha value is -2.34. The van der Waals surface area contributed by atoms with E-state index in [2.05, 4.69) is 34.3 Å². The largest absolute Gasteiger partial charge is 1.00 e. The van der Waals surface area contributed by atoms with Crippen molar-refractivity contribution in [2.24, 2.45) is 0 Å². The fraction of sp³-hybridized carbons (Fsp3) is 0.200. The molecule has 0 aromatic heterocycles. The molecule has 0 aliphatic rings. The van der Waals surface area contributed by atoms with Crippen molar-refractivity contribution >= 4 is 10.0 Å². The van der Waals surface area contributed by atoms with Crippen molar-refractivity contribution in [1.82, 2.24) is 10.0 Å². The number of hydrogen-bond acceptors (Lipinski definition) is 3. The van der Waals surface area contributed by atoms with Crippen LogP contribution in [0.2, 0.25) is 0 Å². The number of rotatable bonds is 11. The fourth-order valence-electron chi connectivity index (χ4n) is 4.22. The van der Waals surface area contributed by atoms with Gasteiger partial charge in [-0.2, -0.15) is 0 Å². The van der Waals surface area contributed by atoms with Crippen molar-refractivity contribution in [2.75, 3.05) is 6.54 Å². The third-order valence-corrected chi connectivity index (χ3v) is 7.57. The number of benzene rings is 4. The van der Waals surface area contributed by atoms with E-state index < -0.39 is 16.1 Å². The summed E-state index contributed by atoms with van der Waals surface area (Å²) in [5.74, 6) is 0. The molecule has 0 unspecified atom stereocenters. The van der Waals surface area contributed by atoms with Crippen LogP contribution in [0, 0.1) is 6.92 Å². The third kappa shape index (κ3) is 8.88. The van der Waals surface area contributed by atoms with E-state index in [9.17, 15) is 8.42 Å². The summed E-state index contributed by atoms with van der Waals surface area (Å²) in [6.45, 7) is 2.70. The number of sulfonamides is 1. The summed E-state index contributed by atoms with van der Waals surface area (Å²) in [6, 6.07) is 36.5. The van der Waals surface area contributed by atoms with Crippen LogP contribution in [0.15, 0.2) is 120 Å². The van der Waals surface area contributed by atoms with Gasteiger partial charge in [0.15, 0.2) is 0 Å². The Morgan fingerprint density at radius 2 is 1.16 bits per heavy atom. The van der Waals surface area contributed by atoms with Crippen molar-refractivity contribution in [2.45, 2.75) is 36.7 Å². The second-order valence-corrected chi connectivity index (χ2v) is 10.5. The molecular weight excluding hydrogens is 589 g/mol. The van der Waals surface area contributed by atoms with E-state index in [1.807, 2.05) is 85.8 Å². The molecule has 4 rings (SSSR count). The maximum Gasteiger partial charge on any atom is 1.00 e. The van der Waals surface area contributed by atoms with Gasteiger partial charge in [0.1, 0.15) is 0 Å². The zero-order chi connectivity index (χ0) is 24.5. The van der Waals surface area contributed by atoms with E-state index in [4.69, 9.17) is 0 Å². The molecule has 0 spiro atoms. The van der Waals surface area contributed by atoms with Gasteiger partial charge < -0.3 is 17.7 Å². The smallest absolute Gasteiger partial charge is 1.00 e. The second kappa shape index (κ2) is 15.2. The second-order valence-electron chi connectivity index (χ2n) is 8.75. The molecule has 0 heterocycles. The van der Waals surface area contributed by atoms with Crippen molar-refractivity contribution in [3.8, 4) is 0 Å². The van der Waals surface area contributed by atoms with Gasteiger partial charge >= 0.3 is 19.5 Å². The van der Waals surface area contributed by atoms with E-state index in [1.54, 1.807) is 12.1 Å². The van der Waals surface area contributed by atoms with Crippen LogP contribution in [0.1, 0.15) is 40.8 Å². The summed E-state index contributed by atoms with van der Waals surface area (Å²) < 4.78 is 29.9. The number of aryl methyl sites for hydroxylation is 2. The van der Waals surface area contributed by atoms with E-state index in [1.165, 1.54) is 5.56 Å². The maximum atomic E-state index is 13.4. The molecule has 4 aromatic carbocycles. The van der Waals surface area contributed by atoms with Crippen LogP contribution in [-0.2, 0) is 35.9 Å². The first kappa shape index (κ1) is 30.9. The van der Waals surface area contributed by atoms with Gasteiger partial charge in [0.25, 0.3) is 0 Å². The van der Waals surface area contributed by atoms with Crippen LogP contribution in [-0.4, -0.2) is 15.0 Å². The molecule has 0 aliphatic heterocycles.